The molecule has 0 spiro atoms. The van der Waals surface area contributed by atoms with E-state index >= 15 is 0 Å². The Labute approximate surface area is 159 Å². The number of aromatic nitrogens is 2. The summed E-state index contributed by atoms with van der Waals surface area (Å²) >= 11 is 0. The highest BCUT2D eigenvalue weighted by molar-refractivity contribution is 5.94. The zero-order valence-electron chi connectivity index (χ0n) is 15.2. The topological polar surface area (TPSA) is 77.4 Å². The van der Waals surface area contributed by atoms with E-state index in [1.54, 1.807) is 17.9 Å². The number of aryl methyl sites for hydroxylation is 1. The molecule has 1 aliphatic heterocycles. The van der Waals surface area contributed by atoms with Gasteiger partial charge in [0.2, 0.25) is 5.91 Å². The molecule has 1 amide bonds. The van der Waals surface area contributed by atoms with E-state index in [2.05, 4.69) is 15.7 Å². The summed E-state index contributed by atoms with van der Waals surface area (Å²) in [5.74, 6) is 1.25. The first-order chi connectivity index (χ1) is 12.1. The molecule has 2 heterocycles. The summed E-state index contributed by atoms with van der Waals surface area (Å²) in [6, 6.07) is 5.42. The van der Waals surface area contributed by atoms with Crippen molar-refractivity contribution in [2.24, 2.45) is 13.0 Å². The average molecular weight is 381 g/mol. The lowest BCUT2D eigenvalue weighted by molar-refractivity contribution is -0.119. The van der Waals surface area contributed by atoms with Crippen LogP contribution in [0.4, 0.5) is 5.69 Å². The van der Waals surface area contributed by atoms with Crippen molar-refractivity contribution in [2.75, 3.05) is 32.1 Å². The molecule has 3 rings (SSSR count). The van der Waals surface area contributed by atoms with Gasteiger partial charge in [0.05, 0.1) is 25.8 Å². The maximum absolute atomic E-state index is 12.8. The van der Waals surface area contributed by atoms with Crippen LogP contribution in [0.25, 0.3) is 0 Å². The molecule has 0 bridgehead atoms. The Kier molecular flexibility index (Phi) is 6.88. The monoisotopic (exact) mass is 380 g/mol. The van der Waals surface area contributed by atoms with Gasteiger partial charge in [-0.3, -0.25) is 9.48 Å². The zero-order valence-corrected chi connectivity index (χ0v) is 16.0. The van der Waals surface area contributed by atoms with Crippen LogP contribution in [0.1, 0.15) is 18.4 Å². The maximum Gasteiger partial charge on any atom is 0.229 e. The van der Waals surface area contributed by atoms with Gasteiger partial charge >= 0.3 is 0 Å². The average Bonchev–Trinajstić information content (AvgIpc) is 3.25. The lowest BCUT2D eigenvalue weighted by Crippen LogP contribution is -2.28. The first kappa shape index (κ1) is 20.1. The Morgan fingerprint density at radius 3 is 2.85 bits per heavy atom. The molecule has 0 unspecified atom stereocenters. The van der Waals surface area contributed by atoms with E-state index in [1.807, 2.05) is 38.5 Å². The van der Waals surface area contributed by atoms with Crippen LogP contribution in [-0.4, -0.2) is 42.5 Å². The molecule has 2 atom stereocenters. The molecule has 2 N–H and O–H groups in total. The molecule has 2 aromatic rings. The molecule has 1 saturated heterocycles. The Morgan fingerprint density at radius 2 is 2.19 bits per heavy atom. The van der Waals surface area contributed by atoms with Crippen molar-refractivity contribution < 1.29 is 14.3 Å². The number of halogens is 1. The van der Waals surface area contributed by atoms with Crippen molar-refractivity contribution in [3.05, 3.63) is 36.2 Å². The Balaban J connectivity index is 0.00000243. The van der Waals surface area contributed by atoms with Gasteiger partial charge < -0.3 is 20.1 Å². The fourth-order valence-electron chi connectivity index (χ4n) is 3.19. The van der Waals surface area contributed by atoms with Gasteiger partial charge in [0.25, 0.3) is 0 Å². The molecule has 1 aliphatic rings. The predicted molar refractivity (Wildman–Crippen MR) is 102 cm³/mol. The first-order valence-electron chi connectivity index (χ1n) is 8.43. The van der Waals surface area contributed by atoms with Crippen LogP contribution in [0, 0.1) is 5.92 Å². The van der Waals surface area contributed by atoms with Gasteiger partial charge in [-0.15, -0.1) is 12.4 Å². The molecule has 8 heteroatoms. The predicted octanol–water partition coefficient (Wildman–Crippen LogP) is 2.19. The molecule has 0 saturated carbocycles. The highest BCUT2D eigenvalue weighted by Gasteiger charge is 2.34. The van der Waals surface area contributed by atoms with Crippen molar-refractivity contribution in [1.82, 2.24) is 15.1 Å². The fraction of sp³-hybridized carbons (Fsp3) is 0.444. The molecule has 0 radical (unpaired) electrons. The Bertz CT molecular complexity index is 750. The summed E-state index contributed by atoms with van der Waals surface area (Å²) in [5.41, 5.74) is 1.78. The minimum Gasteiger partial charge on any atom is -0.493 e. The Hall–Kier alpha value is -2.25. The number of hydrogen-bond donors (Lipinski definition) is 2. The second kappa shape index (κ2) is 8.91. The summed E-state index contributed by atoms with van der Waals surface area (Å²) in [6.45, 7) is 3.90. The van der Waals surface area contributed by atoms with Gasteiger partial charge in [-0.25, -0.2) is 0 Å². The second-order valence-corrected chi connectivity index (χ2v) is 6.11. The van der Waals surface area contributed by atoms with E-state index in [0.717, 1.165) is 12.1 Å². The minimum absolute atomic E-state index is 0. The van der Waals surface area contributed by atoms with Gasteiger partial charge in [-0.1, -0.05) is 0 Å². The molecule has 1 aromatic heterocycles. The van der Waals surface area contributed by atoms with Gasteiger partial charge in [0, 0.05) is 44.0 Å². The van der Waals surface area contributed by atoms with Crippen LogP contribution in [0.5, 0.6) is 11.5 Å². The number of benzene rings is 1. The number of nitrogens with one attached hydrogen (secondary N) is 2. The van der Waals surface area contributed by atoms with Crippen LogP contribution in [0.2, 0.25) is 0 Å². The van der Waals surface area contributed by atoms with Crippen molar-refractivity contribution in [1.29, 1.82) is 0 Å². The lowest BCUT2D eigenvalue weighted by Gasteiger charge is -2.18. The first-order valence-corrected chi connectivity index (χ1v) is 8.43. The largest absolute Gasteiger partial charge is 0.493 e. The van der Waals surface area contributed by atoms with Crippen LogP contribution >= 0.6 is 12.4 Å². The van der Waals surface area contributed by atoms with Gasteiger partial charge in [-0.05, 0) is 24.6 Å². The lowest BCUT2D eigenvalue weighted by atomic mass is 9.90. The molecular weight excluding hydrogens is 356 g/mol. The van der Waals surface area contributed by atoms with Crippen LogP contribution in [0.15, 0.2) is 30.6 Å². The summed E-state index contributed by atoms with van der Waals surface area (Å²) < 4.78 is 12.6. The normalized spacial score (nSPS) is 18.9. The van der Waals surface area contributed by atoms with E-state index in [4.69, 9.17) is 9.47 Å². The van der Waals surface area contributed by atoms with Crippen LogP contribution < -0.4 is 20.1 Å². The standard InChI is InChI=1S/C18H24N4O3.ClH/c1-4-25-16-6-5-13(7-17(16)24-3)21-18(23)15-10-19-9-14(15)12-8-20-22(2)11-12;/h5-8,11,14-15,19H,4,9-10H2,1-3H3,(H,21,23);1H/t14-,15+;/m1./s1. The maximum atomic E-state index is 12.8. The molecule has 1 aromatic carbocycles. The third-order valence-electron chi connectivity index (χ3n) is 4.43. The quantitative estimate of drug-likeness (QED) is 0.803. The van der Waals surface area contributed by atoms with Crippen LogP contribution in [0.3, 0.4) is 0 Å². The van der Waals surface area contributed by atoms with E-state index < -0.39 is 0 Å². The summed E-state index contributed by atoms with van der Waals surface area (Å²) in [6.07, 6.45) is 3.80. The molecule has 142 valence electrons. The number of ether oxygens (including phenoxy) is 2. The number of rotatable bonds is 6. The third-order valence-corrected chi connectivity index (χ3v) is 4.43. The van der Waals surface area contributed by atoms with E-state index in [1.165, 1.54) is 0 Å². The van der Waals surface area contributed by atoms with Crippen molar-refractivity contribution in [2.45, 2.75) is 12.8 Å². The molecule has 1 fully saturated rings. The minimum atomic E-state index is -0.137. The smallest absolute Gasteiger partial charge is 0.229 e. The van der Waals surface area contributed by atoms with Crippen molar-refractivity contribution >= 4 is 24.0 Å². The van der Waals surface area contributed by atoms with Crippen molar-refractivity contribution in [3.63, 3.8) is 0 Å². The van der Waals surface area contributed by atoms with Gasteiger partial charge in [0.15, 0.2) is 11.5 Å². The van der Waals surface area contributed by atoms with Gasteiger partial charge in [-0.2, -0.15) is 5.10 Å². The molecular formula is C18H25ClN4O3. The summed E-state index contributed by atoms with van der Waals surface area (Å²) in [7, 11) is 3.47. The molecule has 0 aliphatic carbocycles. The zero-order chi connectivity index (χ0) is 17.8. The number of nitrogens with zero attached hydrogens (tertiary/aromatic N) is 2. The number of amides is 1. The van der Waals surface area contributed by atoms with Crippen LogP contribution in [-0.2, 0) is 11.8 Å². The highest BCUT2D eigenvalue weighted by Crippen LogP contribution is 2.32. The summed E-state index contributed by atoms with van der Waals surface area (Å²) in [4.78, 5) is 12.8. The van der Waals surface area contributed by atoms with Gasteiger partial charge in [0.1, 0.15) is 0 Å². The number of hydrogen-bond acceptors (Lipinski definition) is 5. The third kappa shape index (κ3) is 4.28. The fourth-order valence-corrected chi connectivity index (χ4v) is 3.19. The molecule has 7 nitrogen and oxygen atoms in total. The number of methoxy groups -OCH3 is 1. The number of anilines is 1. The van der Waals surface area contributed by atoms with E-state index in [9.17, 15) is 4.79 Å². The number of carbonyl (C=O) groups is 1. The van der Waals surface area contributed by atoms with Crippen molar-refractivity contribution in [3.8, 4) is 11.5 Å². The SMILES string of the molecule is CCOc1ccc(NC(=O)[C@H]2CNC[C@@H]2c2cnn(C)c2)cc1OC.Cl. The van der Waals surface area contributed by atoms with E-state index in [-0.39, 0.29) is 30.2 Å². The summed E-state index contributed by atoms with van der Waals surface area (Å²) in [5, 5.41) is 10.5. The molecule has 26 heavy (non-hydrogen) atoms. The number of carbonyl (C=O) groups excluding carboxylic acids is 1. The Morgan fingerprint density at radius 1 is 1.38 bits per heavy atom. The highest BCUT2D eigenvalue weighted by atomic mass is 35.5. The van der Waals surface area contributed by atoms with E-state index in [0.29, 0.717) is 30.3 Å². The second-order valence-electron chi connectivity index (χ2n) is 6.11.